The lowest BCUT2D eigenvalue weighted by Gasteiger charge is -2.24. The van der Waals surface area contributed by atoms with E-state index in [0.717, 1.165) is 24.7 Å². The average Bonchev–Trinajstić information content (AvgIpc) is 2.75. The molecule has 0 spiro atoms. The van der Waals surface area contributed by atoms with Gasteiger partial charge in [-0.2, -0.15) is 0 Å². The van der Waals surface area contributed by atoms with Gasteiger partial charge < -0.3 is 4.74 Å². The maximum absolute atomic E-state index is 11.8. The first kappa shape index (κ1) is 7.84. The van der Waals surface area contributed by atoms with Crippen LogP contribution in [0.25, 0.3) is 0 Å². The number of carbonyl (C=O) groups excluding carboxylic acids is 1. The van der Waals surface area contributed by atoms with Crippen LogP contribution in [0.15, 0.2) is 0 Å². The normalized spacial score (nSPS) is 50.4. The van der Waals surface area contributed by atoms with E-state index in [1.54, 1.807) is 0 Å². The zero-order valence-electron chi connectivity index (χ0n) is 8.08. The number of fused-ring (bicyclic) bond motifs is 5. The molecule has 3 aliphatic carbocycles. The maximum Gasteiger partial charge on any atom is 0.312 e. The Balaban J connectivity index is 1.84. The minimum Gasteiger partial charge on any atom is -0.466 e. The van der Waals surface area contributed by atoms with E-state index in [0.29, 0.717) is 12.5 Å². The van der Waals surface area contributed by atoms with Crippen LogP contribution >= 0.6 is 0 Å². The van der Waals surface area contributed by atoms with Gasteiger partial charge >= 0.3 is 5.97 Å². The van der Waals surface area contributed by atoms with Crippen molar-refractivity contribution < 1.29 is 9.53 Å². The third-order valence-corrected chi connectivity index (χ3v) is 4.42. The summed E-state index contributed by atoms with van der Waals surface area (Å²) in [6.45, 7) is 2.45. The summed E-state index contributed by atoms with van der Waals surface area (Å²) in [5.74, 6) is 2.60. The molecule has 0 aromatic carbocycles. The number of hydrogen-bond acceptors (Lipinski definition) is 2. The lowest BCUT2D eigenvalue weighted by atomic mass is 9.82. The highest BCUT2D eigenvalue weighted by atomic mass is 16.5. The quantitative estimate of drug-likeness (QED) is 0.607. The molecule has 0 aromatic rings. The molecular formula is C11H16O2. The van der Waals surface area contributed by atoms with Gasteiger partial charge in [-0.1, -0.05) is 0 Å². The van der Waals surface area contributed by atoms with Gasteiger partial charge in [0.2, 0.25) is 0 Å². The van der Waals surface area contributed by atoms with Crippen molar-refractivity contribution in [2.45, 2.75) is 32.6 Å². The molecule has 3 rings (SSSR count). The predicted molar refractivity (Wildman–Crippen MR) is 48.0 cm³/mol. The molecule has 72 valence electrons. The second-order valence-corrected chi connectivity index (χ2v) is 4.89. The molecule has 2 unspecified atom stereocenters. The monoisotopic (exact) mass is 180 g/mol. The molecule has 3 saturated carbocycles. The third-order valence-electron chi connectivity index (χ3n) is 4.42. The third kappa shape index (κ3) is 0.818. The fourth-order valence-corrected chi connectivity index (χ4v) is 3.80. The Bertz CT molecular complexity index is 261. The van der Waals surface area contributed by atoms with Crippen LogP contribution in [0.4, 0.5) is 0 Å². The summed E-state index contributed by atoms with van der Waals surface area (Å²) in [6, 6.07) is 0. The van der Waals surface area contributed by atoms with E-state index >= 15 is 0 Å². The molecule has 2 heteroatoms. The van der Waals surface area contributed by atoms with Crippen LogP contribution in [0.5, 0.6) is 0 Å². The molecule has 13 heavy (non-hydrogen) atoms. The Labute approximate surface area is 78.6 Å². The van der Waals surface area contributed by atoms with Crippen LogP contribution in [0, 0.1) is 23.2 Å². The van der Waals surface area contributed by atoms with E-state index < -0.39 is 0 Å². The molecule has 0 amide bonds. The summed E-state index contributed by atoms with van der Waals surface area (Å²) in [5.41, 5.74) is -0.00859. The molecule has 0 radical (unpaired) electrons. The van der Waals surface area contributed by atoms with Crippen LogP contribution < -0.4 is 0 Å². The van der Waals surface area contributed by atoms with Crippen LogP contribution in [-0.4, -0.2) is 12.6 Å². The Hall–Kier alpha value is -0.530. The lowest BCUT2D eigenvalue weighted by molar-refractivity contribution is -0.156. The largest absolute Gasteiger partial charge is 0.466 e. The van der Waals surface area contributed by atoms with E-state index in [9.17, 15) is 4.79 Å². The van der Waals surface area contributed by atoms with Crippen molar-refractivity contribution in [3.05, 3.63) is 0 Å². The van der Waals surface area contributed by atoms with Crippen molar-refractivity contribution >= 4 is 5.97 Å². The molecule has 2 bridgehead atoms. The Morgan fingerprint density at radius 1 is 1.62 bits per heavy atom. The number of ether oxygens (including phenoxy) is 1. The molecule has 3 fully saturated rings. The van der Waals surface area contributed by atoms with Crippen molar-refractivity contribution in [1.82, 2.24) is 0 Å². The van der Waals surface area contributed by atoms with Crippen LogP contribution in [0.2, 0.25) is 0 Å². The summed E-state index contributed by atoms with van der Waals surface area (Å²) in [4.78, 5) is 11.8. The van der Waals surface area contributed by atoms with Gasteiger partial charge in [0.1, 0.15) is 0 Å². The van der Waals surface area contributed by atoms with Crippen LogP contribution in [-0.2, 0) is 9.53 Å². The van der Waals surface area contributed by atoms with E-state index in [2.05, 4.69) is 0 Å². The summed E-state index contributed by atoms with van der Waals surface area (Å²) >= 11 is 0. The predicted octanol–water partition coefficient (Wildman–Crippen LogP) is 1.99. The summed E-state index contributed by atoms with van der Waals surface area (Å²) in [5, 5.41) is 0. The standard InChI is InChI=1S/C11H16O2/c1-2-13-10(12)11-4-3-7(6-11)8-5-9(8)11/h7-9H,2-6H2,1H3/t7?,8-,9?,11+/m0/s1. The molecule has 4 atom stereocenters. The van der Waals surface area contributed by atoms with Crippen molar-refractivity contribution in [3.63, 3.8) is 0 Å². The van der Waals surface area contributed by atoms with Gasteiger partial charge in [-0.25, -0.2) is 0 Å². The van der Waals surface area contributed by atoms with E-state index in [1.807, 2.05) is 6.92 Å². The fraction of sp³-hybridized carbons (Fsp3) is 0.909. The van der Waals surface area contributed by atoms with Gasteiger partial charge in [0.25, 0.3) is 0 Å². The second kappa shape index (κ2) is 2.28. The number of rotatable bonds is 2. The van der Waals surface area contributed by atoms with E-state index in [-0.39, 0.29) is 11.4 Å². The van der Waals surface area contributed by atoms with Gasteiger partial charge in [-0.15, -0.1) is 0 Å². The second-order valence-electron chi connectivity index (χ2n) is 4.89. The van der Waals surface area contributed by atoms with Gasteiger partial charge in [0, 0.05) is 0 Å². The van der Waals surface area contributed by atoms with Gasteiger partial charge in [0.15, 0.2) is 0 Å². The molecule has 0 N–H and O–H groups in total. The minimum atomic E-state index is -0.00859. The first-order chi connectivity index (χ1) is 6.28. The average molecular weight is 180 g/mol. The highest BCUT2D eigenvalue weighted by molar-refractivity contribution is 5.79. The molecule has 3 aliphatic rings. The topological polar surface area (TPSA) is 26.3 Å². The zero-order chi connectivity index (χ0) is 9.05. The van der Waals surface area contributed by atoms with Crippen molar-refractivity contribution in [3.8, 4) is 0 Å². The fourth-order valence-electron chi connectivity index (χ4n) is 3.80. The zero-order valence-corrected chi connectivity index (χ0v) is 8.08. The summed E-state index contributed by atoms with van der Waals surface area (Å²) in [6.07, 6.45) is 4.84. The van der Waals surface area contributed by atoms with E-state index in [4.69, 9.17) is 4.74 Å². The highest BCUT2D eigenvalue weighted by Gasteiger charge is 2.69. The maximum atomic E-state index is 11.8. The smallest absolute Gasteiger partial charge is 0.312 e. The van der Waals surface area contributed by atoms with Crippen LogP contribution in [0.1, 0.15) is 32.6 Å². The van der Waals surface area contributed by atoms with E-state index in [1.165, 1.54) is 12.8 Å². The lowest BCUT2D eigenvalue weighted by Crippen LogP contribution is -2.31. The molecule has 2 nitrogen and oxygen atoms in total. The van der Waals surface area contributed by atoms with Crippen LogP contribution in [0.3, 0.4) is 0 Å². The molecule has 0 aliphatic heterocycles. The molecular weight excluding hydrogens is 164 g/mol. The first-order valence-electron chi connectivity index (χ1n) is 5.45. The Morgan fingerprint density at radius 2 is 2.46 bits per heavy atom. The number of esters is 1. The number of hydrogen-bond donors (Lipinski definition) is 0. The summed E-state index contributed by atoms with van der Waals surface area (Å²) < 4.78 is 5.20. The van der Waals surface area contributed by atoms with Gasteiger partial charge in [-0.05, 0) is 50.4 Å². The molecule has 0 heterocycles. The van der Waals surface area contributed by atoms with Crippen molar-refractivity contribution in [1.29, 1.82) is 0 Å². The van der Waals surface area contributed by atoms with Crippen molar-refractivity contribution in [2.24, 2.45) is 23.2 Å². The first-order valence-corrected chi connectivity index (χ1v) is 5.45. The van der Waals surface area contributed by atoms with Crippen molar-refractivity contribution in [2.75, 3.05) is 6.61 Å². The Morgan fingerprint density at radius 3 is 3.08 bits per heavy atom. The molecule has 0 aromatic heterocycles. The van der Waals surface area contributed by atoms with Gasteiger partial charge in [0.05, 0.1) is 12.0 Å². The number of carbonyl (C=O) groups is 1. The summed E-state index contributed by atoms with van der Waals surface area (Å²) in [7, 11) is 0. The van der Waals surface area contributed by atoms with Gasteiger partial charge in [-0.3, -0.25) is 4.79 Å². The highest BCUT2D eigenvalue weighted by Crippen LogP contribution is 2.72. The minimum absolute atomic E-state index is 0.00859. The SMILES string of the molecule is CCOC(=O)[C@]12CCC(C1)[C@@H]1CC12. The Kier molecular flexibility index (Phi) is 1.38. The molecule has 0 saturated heterocycles.